The van der Waals surface area contributed by atoms with Crippen LogP contribution in [-0.2, 0) is 9.59 Å². The summed E-state index contributed by atoms with van der Waals surface area (Å²) in [5.41, 5.74) is 3.50. The van der Waals surface area contributed by atoms with Gasteiger partial charge in [0, 0.05) is 18.8 Å². The van der Waals surface area contributed by atoms with Gasteiger partial charge in [-0.05, 0) is 49.9 Å². The summed E-state index contributed by atoms with van der Waals surface area (Å²) in [5, 5.41) is 15.4. The number of thioether (sulfide) groups is 1. The molecule has 2 N–H and O–H groups in total. The minimum absolute atomic E-state index is 0.0965. The second-order valence-electron chi connectivity index (χ2n) is 8.14. The van der Waals surface area contributed by atoms with Gasteiger partial charge in [0.2, 0.25) is 17.8 Å². The SMILES string of the molecule is Cc1cccc(C)c1NC(=O)CNC(=O)CSc1nnc(N2CCCC2)n1-c1ccccc1Cl. The Morgan fingerprint density at radius 3 is 2.41 bits per heavy atom. The molecule has 4 rings (SSSR count). The number of rotatable bonds is 8. The first kappa shape index (κ1) is 24.1. The van der Waals surface area contributed by atoms with Crippen molar-refractivity contribution >= 4 is 46.8 Å². The molecule has 1 fully saturated rings. The zero-order valence-electron chi connectivity index (χ0n) is 19.2. The Morgan fingerprint density at radius 1 is 1.00 bits per heavy atom. The Morgan fingerprint density at radius 2 is 1.71 bits per heavy atom. The van der Waals surface area contributed by atoms with E-state index in [2.05, 4.69) is 25.7 Å². The molecular weight excluding hydrogens is 472 g/mol. The van der Waals surface area contributed by atoms with Crippen LogP contribution in [0.2, 0.25) is 5.02 Å². The summed E-state index contributed by atoms with van der Waals surface area (Å²) in [6, 6.07) is 13.3. The number of nitrogens with one attached hydrogen (secondary N) is 2. The van der Waals surface area contributed by atoms with Crippen molar-refractivity contribution in [2.75, 3.05) is 35.6 Å². The van der Waals surface area contributed by atoms with Crippen molar-refractivity contribution < 1.29 is 9.59 Å². The smallest absolute Gasteiger partial charge is 0.243 e. The molecule has 1 aromatic heterocycles. The van der Waals surface area contributed by atoms with Crippen molar-refractivity contribution in [3.8, 4) is 5.69 Å². The predicted octanol–water partition coefficient (Wildman–Crippen LogP) is 3.98. The third-order valence-electron chi connectivity index (χ3n) is 5.62. The van der Waals surface area contributed by atoms with E-state index in [4.69, 9.17) is 11.6 Å². The molecule has 8 nitrogen and oxygen atoms in total. The molecule has 10 heteroatoms. The van der Waals surface area contributed by atoms with Gasteiger partial charge in [0.25, 0.3) is 0 Å². The first-order chi connectivity index (χ1) is 16.4. The second kappa shape index (κ2) is 10.9. The maximum atomic E-state index is 12.5. The van der Waals surface area contributed by atoms with Crippen LogP contribution in [0.1, 0.15) is 24.0 Å². The average Bonchev–Trinajstić information content (AvgIpc) is 3.49. The summed E-state index contributed by atoms with van der Waals surface area (Å²) >= 11 is 7.73. The van der Waals surface area contributed by atoms with Gasteiger partial charge in [-0.1, -0.05) is 53.7 Å². The van der Waals surface area contributed by atoms with Crippen LogP contribution in [0.15, 0.2) is 47.6 Å². The zero-order chi connectivity index (χ0) is 24.1. The maximum absolute atomic E-state index is 12.5. The van der Waals surface area contributed by atoms with Crippen molar-refractivity contribution in [2.45, 2.75) is 31.8 Å². The van der Waals surface area contributed by atoms with Crippen LogP contribution in [0.25, 0.3) is 5.69 Å². The molecular formula is C24H27ClN6O2S. The van der Waals surface area contributed by atoms with Crippen LogP contribution >= 0.6 is 23.4 Å². The highest BCUT2D eigenvalue weighted by Gasteiger charge is 2.24. The number of amides is 2. The Hall–Kier alpha value is -3.04. The normalized spacial score (nSPS) is 13.2. The predicted molar refractivity (Wildman–Crippen MR) is 136 cm³/mol. The lowest BCUT2D eigenvalue weighted by Crippen LogP contribution is -2.34. The lowest BCUT2D eigenvalue weighted by atomic mass is 10.1. The number of hydrogen-bond donors (Lipinski definition) is 2. The molecule has 3 aromatic rings. The van der Waals surface area contributed by atoms with Gasteiger partial charge in [0.1, 0.15) is 0 Å². The zero-order valence-corrected chi connectivity index (χ0v) is 20.7. The number of carbonyl (C=O) groups excluding carboxylic acids is 2. The van der Waals surface area contributed by atoms with E-state index in [1.54, 1.807) is 0 Å². The van der Waals surface area contributed by atoms with Crippen molar-refractivity contribution in [3.63, 3.8) is 0 Å². The molecule has 2 aromatic carbocycles. The molecule has 0 spiro atoms. The number of halogens is 1. The summed E-state index contributed by atoms with van der Waals surface area (Å²) in [4.78, 5) is 27.0. The molecule has 0 saturated carbocycles. The van der Waals surface area contributed by atoms with Crippen LogP contribution in [0.3, 0.4) is 0 Å². The lowest BCUT2D eigenvalue weighted by molar-refractivity contribution is -0.122. The van der Waals surface area contributed by atoms with Crippen molar-refractivity contribution in [1.29, 1.82) is 0 Å². The van der Waals surface area contributed by atoms with E-state index in [0.717, 1.165) is 54.4 Å². The third kappa shape index (κ3) is 5.53. The summed E-state index contributed by atoms with van der Waals surface area (Å²) < 4.78 is 1.90. The average molecular weight is 499 g/mol. The van der Waals surface area contributed by atoms with Gasteiger partial charge in [-0.25, -0.2) is 0 Å². The number of para-hydroxylation sites is 2. The van der Waals surface area contributed by atoms with Gasteiger partial charge >= 0.3 is 0 Å². The molecule has 178 valence electrons. The first-order valence-corrected chi connectivity index (χ1v) is 12.5. The van der Waals surface area contributed by atoms with E-state index in [0.29, 0.717) is 10.2 Å². The molecule has 1 aliphatic heterocycles. The lowest BCUT2D eigenvalue weighted by Gasteiger charge is -2.19. The minimum atomic E-state index is -0.272. The van der Waals surface area contributed by atoms with Crippen LogP contribution < -0.4 is 15.5 Å². The Labute approximate surface area is 208 Å². The number of aromatic nitrogens is 3. The van der Waals surface area contributed by atoms with Gasteiger partial charge in [0.05, 0.1) is 23.0 Å². The van der Waals surface area contributed by atoms with Crippen molar-refractivity contribution in [1.82, 2.24) is 20.1 Å². The van der Waals surface area contributed by atoms with Gasteiger partial charge in [-0.2, -0.15) is 0 Å². The van der Waals surface area contributed by atoms with Crippen molar-refractivity contribution in [3.05, 3.63) is 58.6 Å². The highest BCUT2D eigenvalue weighted by atomic mass is 35.5. The minimum Gasteiger partial charge on any atom is -0.346 e. The largest absolute Gasteiger partial charge is 0.346 e. The third-order valence-corrected chi connectivity index (χ3v) is 6.87. The Kier molecular flexibility index (Phi) is 7.74. The van der Waals surface area contributed by atoms with Crippen LogP contribution in [0, 0.1) is 13.8 Å². The van der Waals surface area contributed by atoms with Gasteiger partial charge in [-0.15, -0.1) is 10.2 Å². The second-order valence-corrected chi connectivity index (χ2v) is 9.49. The van der Waals surface area contributed by atoms with E-state index in [1.165, 1.54) is 11.8 Å². The fourth-order valence-corrected chi connectivity index (χ4v) is 4.87. The first-order valence-electron chi connectivity index (χ1n) is 11.1. The summed E-state index contributed by atoms with van der Waals surface area (Å²) in [7, 11) is 0. The quantitative estimate of drug-likeness (QED) is 0.456. The standard InChI is InChI=1S/C24H27ClN6O2S/c1-16-8-7-9-17(2)22(16)27-20(32)14-26-21(33)15-34-24-29-28-23(30-12-5-6-13-30)31(24)19-11-4-3-10-18(19)25/h3-4,7-11H,5-6,12-15H2,1-2H3,(H,26,33)(H,27,32). The summed E-state index contributed by atoms with van der Waals surface area (Å²) in [5.74, 6) is 0.282. The van der Waals surface area contributed by atoms with Crippen molar-refractivity contribution in [2.24, 2.45) is 0 Å². The number of nitrogens with zero attached hydrogens (tertiary/aromatic N) is 4. The number of carbonyl (C=O) groups is 2. The molecule has 1 saturated heterocycles. The van der Waals surface area contributed by atoms with Crippen LogP contribution in [0.5, 0.6) is 0 Å². The number of benzene rings is 2. The molecule has 0 aliphatic carbocycles. The van der Waals surface area contributed by atoms with E-state index in [1.807, 2.05) is 60.9 Å². The molecule has 2 amide bonds. The molecule has 0 bridgehead atoms. The number of aryl methyl sites for hydroxylation is 2. The van der Waals surface area contributed by atoms with E-state index >= 15 is 0 Å². The molecule has 0 radical (unpaired) electrons. The van der Waals surface area contributed by atoms with Gasteiger partial charge in [0.15, 0.2) is 5.16 Å². The van der Waals surface area contributed by atoms with Gasteiger partial charge in [-0.3, -0.25) is 14.2 Å². The molecule has 0 unspecified atom stereocenters. The Bertz CT molecular complexity index is 1170. The van der Waals surface area contributed by atoms with Crippen LogP contribution in [0.4, 0.5) is 11.6 Å². The molecule has 1 aliphatic rings. The van der Waals surface area contributed by atoms with Crippen LogP contribution in [-0.4, -0.2) is 52.0 Å². The number of anilines is 2. The molecule has 0 atom stereocenters. The maximum Gasteiger partial charge on any atom is 0.243 e. The monoisotopic (exact) mass is 498 g/mol. The summed E-state index contributed by atoms with van der Waals surface area (Å²) in [6.45, 7) is 5.57. The van der Waals surface area contributed by atoms with E-state index in [-0.39, 0.29) is 24.1 Å². The fourth-order valence-electron chi connectivity index (χ4n) is 3.88. The van der Waals surface area contributed by atoms with E-state index < -0.39 is 0 Å². The fraction of sp³-hybridized carbons (Fsp3) is 0.333. The highest BCUT2D eigenvalue weighted by Crippen LogP contribution is 2.31. The number of hydrogen-bond acceptors (Lipinski definition) is 6. The van der Waals surface area contributed by atoms with Gasteiger partial charge < -0.3 is 15.5 Å². The summed E-state index contributed by atoms with van der Waals surface area (Å²) in [6.07, 6.45) is 2.20. The van der Waals surface area contributed by atoms with E-state index in [9.17, 15) is 9.59 Å². The Balaban J connectivity index is 1.40. The molecule has 2 heterocycles. The highest BCUT2D eigenvalue weighted by molar-refractivity contribution is 7.99. The molecule has 34 heavy (non-hydrogen) atoms. The topological polar surface area (TPSA) is 92.2 Å².